The number of aliphatic hydroxyl groups is 1. The van der Waals surface area contributed by atoms with E-state index in [1.165, 1.54) is 12.0 Å². The van der Waals surface area contributed by atoms with Crippen LogP contribution < -0.4 is 9.47 Å². The molecule has 0 bridgehead atoms. The van der Waals surface area contributed by atoms with E-state index in [-0.39, 0.29) is 11.3 Å². The second-order valence-corrected chi connectivity index (χ2v) is 8.65. The zero-order chi connectivity index (χ0) is 25.5. The predicted octanol–water partition coefficient (Wildman–Crippen LogP) is 4.58. The van der Waals surface area contributed by atoms with Crippen LogP contribution in [-0.2, 0) is 16.1 Å². The number of ether oxygens (including phenoxy) is 2. The number of aromatic nitrogens is 2. The number of ketones is 1. The molecule has 1 fully saturated rings. The Morgan fingerprint density at radius 2 is 1.86 bits per heavy atom. The Hall–Kier alpha value is -4.07. The zero-order valence-corrected chi connectivity index (χ0v) is 20.6. The summed E-state index contributed by atoms with van der Waals surface area (Å²) >= 11 is 0. The maximum Gasteiger partial charge on any atom is 0.295 e. The average Bonchev–Trinajstić information content (AvgIpc) is 3.51. The second-order valence-electron chi connectivity index (χ2n) is 8.65. The van der Waals surface area contributed by atoms with Gasteiger partial charge in [0.05, 0.1) is 31.7 Å². The predicted molar refractivity (Wildman–Crippen MR) is 136 cm³/mol. The van der Waals surface area contributed by atoms with Crippen LogP contribution in [0.5, 0.6) is 11.5 Å². The molecule has 1 unspecified atom stereocenters. The van der Waals surface area contributed by atoms with Crippen molar-refractivity contribution in [2.24, 2.45) is 0 Å². The summed E-state index contributed by atoms with van der Waals surface area (Å²) in [7, 11) is 1.53. The Labute approximate surface area is 210 Å². The van der Waals surface area contributed by atoms with Crippen molar-refractivity contribution in [3.05, 3.63) is 84.0 Å². The van der Waals surface area contributed by atoms with Crippen LogP contribution in [0.25, 0.3) is 5.76 Å². The monoisotopic (exact) mass is 489 g/mol. The summed E-state index contributed by atoms with van der Waals surface area (Å²) in [5.74, 6) is -0.294. The first-order valence-electron chi connectivity index (χ1n) is 12.1. The molecule has 1 N–H and O–H groups in total. The molecule has 1 aliphatic rings. The van der Waals surface area contributed by atoms with Crippen molar-refractivity contribution < 1.29 is 24.2 Å². The molecule has 36 heavy (non-hydrogen) atoms. The minimum Gasteiger partial charge on any atom is -0.507 e. The fourth-order valence-corrected chi connectivity index (χ4v) is 4.31. The highest BCUT2D eigenvalue weighted by Gasteiger charge is 2.45. The lowest BCUT2D eigenvalue weighted by atomic mass is 9.95. The van der Waals surface area contributed by atoms with E-state index >= 15 is 0 Å². The Balaban J connectivity index is 1.68. The van der Waals surface area contributed by atoms with Crippen molar-refractivity contribution in [1.82, 2.24) is 14.5 Å². The summed E-state index contributed by atoms with van der Waals surface area (Å²) in [5, 5.41) is 11.2. The van der Waals surface area contributed by atoms with Crippen LogP contribution in [0, 0.1) is 0 Å². The Morgan fingerprint density at radius 3 is 2.56 bits per heavy atom. The molecule has 0 spiro atoms. The number of Topliss-reactive ketones (excluding diaryl/α,β-unsaturated/α-hetero) is 1. The summed E-state index contributed by atoms with van der Waals surface area (Å²) in [4.78, 5) is 32.0. The fourth-order valence-electron chi connectivity index (χ4n) is 4.31. The van der Waals surface area contributed by atoms with Gasteiger partial charge < -0.3 is 24.0 Å². The van der Waals surface area contributed by atoms with Gasteiger partial charge in [-0.15, -0.1) is 0 Å². The van der Waals surface area contributed by atoms with Crippen LogP contribution in [0.2, 0.25) is 0 Å². The number of methoxy groups -OCH3 is 1. The minimum atomic E-state index is -0.719. The largest absolute Gasteiger partial charge is 0.507 e. The van der Waals surface area contributed by atoms with Crippen LogP contribution in [-0.4, -0.2) is 51.5 Å². The van der Waals surface area contributed by atoms with Gasteiger partial charge >= 0.3 is 0 Å². The number of rotatable bonds is 11. The summed E-state index contributed by atoms with van der Waals surface area (Å²) < 4.78 is 13.0. The van der Waals surface area contributed by atoms with Gasteiger partial charge in [-0.1, -0.05) is 37.6 Å². The lowest BCUT2D eigenvalue weighted by Crippen LogP contribution is -2.31. The highest BCUT2D eigenvalue weighted by Crippen LogP contribution is 2.40. The molecule has 188 valence electrons. The van der Waals surface area contributed by atoms with E-state index in [0.717, 1.165) is 24.2 Å². The molecule has 2 heterocycles. The van der Waals surface area contributed by atoms with Crippen molar-refractivity contribution in [2.75, 3.05) is 20.3 Å². The zero-order valence-electron chi connectivity index (χ0n) is 20.6. The molecule has 2 aromatic carbocycles. The van der Waals surface area contributed by atoms with Gasteiger partial charge in [-0.3, -0.25) is 9.59 Å². The number of amides is 1. The molecule has 3 aromatic rings. The first-order chi connectivity index (χ1) is 17.5. The number of hydrogen-bond donors (Lipinski definition) is 1. The standard InChI is InChI=1S/C28H31N3O5/c1-3-4-17-36-22-11-9-20(10-12-22)25-24(26(32)21-7-5-8-23(18-21)35-2)27(33)28(34)31(25)15-6-14-30-16-13-29-19-30/h5,7-13,16,18-19,25,32H,3-4,6,14-15,17H2,1-2H3/b26-24+. The van der Waals surface area contributed by atoms with Gasteiger partial charge in [0, 0.05) is 31.0 Å². The van der Waals surface area contributed by atoms with Crippen LogP contribution in [0.15, 0.2) is 72.8 Å². The van der Waals surface area contributed by atoms with E-state index in [2.05, 4.69) is 11.9 Å². The number of imidazole rings is 1. The fraction of sp³-hybridized carbons (Fsp3) is 0.321. The summed E-state index contributed by atoms with van der Waals surface area (Å²) in [6.07, 6.45) is 7.88. The Kier molecular flexibility index (Phi) is 8.05. The van der Waals surface area contributed by atoms with Crippen LogP contribution >= 0.6 is 0 Å². The summed E-state index contributed by atoms with van der Waals surface area (Å²) in [5.41, 5.74) is 1.20. The SMILES string of the molecule is CCCCOc1ccc(C2/C(=C(\O)c3cccc(OC)c3)C(=O)C(=O)N2CCCn2ccnc2)cc1. The third kappa shape index (κ3) is 5.43. The van der Waals surface area contributed by atoms with Gasteiger partial charge in [-0.2, -0.15) is 0 Å². The smallest absolute Gasteiger partial charge is 0.295 e. The van der Waals surface area contributed by atoms with Crippen molar-refractivity contribution in [3.8, 4) is 11.5 Å². The number of carbonyl (C=O) groups excluding carboxylic acids is 2. The van der Waals surface area contributed by atoms with Gasteiger partial charge in [0.25, 0.3) is 11.7 Å². The van der Waals surface area contributed by atoms with E-state index in [1.54, 1.807) is 36.8 Å². The molecule has 0 aliphatic carbocycles. The summed E-state index contributed by atoms with van der Waals surface area (Å²) in [6.45, 7) is 3.72. The average molecular weight is 490 g/mol. The number of unbranched alkanes of at least 4 members (excludes halogenated alkanes) is 1. The van der Waals surface area contributed by atoms with Crippen LogP contribution in [0.1, 0.15) is 43.4 Å². The highest BCUT2D eigenvalue weighted by molar-refractivity contribution is 6.46. The molecule has 1 saturated heterocycles. The van der Waals surface area contributed by atoms with E-state index in [1.807, 2.05) is 35.0 Å². The van der Waals surface area contributed by atoms with Crippen molar-refractivity contribution in [1.29, 1.82) is 0 Å². The lowest BCUT2D eigenvalue weighted by molar-refractivity contribution is -0.139. The van der Waals surface area contributed by atoms with E-state index in [0.29, 0.717) is 37.4 Å². The number of nitrogens with zero attached hydrogens (tertiary/aromatic N) is 3. The number of hydrogen-bond acceptors (Lipinski definition) is 6. The molecule has 1 aromatic heterocycles. The number of aryl methyl sites for hydroxylation is 1. The molecule has 4 rings (SSSR count). The third-order valence-corrected chi connectivity index (χ3v) is 6.22. The van der Waals surface area contributed by atoms with Crippen molar-refractivity contribution >= 4 is 17.4 Å². The summed E-state index contributed by atoms with van der Waals surface area (Å²) in [6, 6.07) is 13.5. The first kappa shape index (κ1) is 25.0. The van der Waals surface area contributed by atoms with E-state index in [4.69, 9.17) is 9.47 Å². The Morgan fingerprint density at radius 1 is 1.06 bits per heavy atom. The number of carbonyl (C=O) groups is 2. The minimum absolute atomic E-state index is 0.0653. The van der Waals surface area contributed by atoms with Crippen LogP contribution in [0.3, 0.4) is 0 Å². The van der Waals surface area contributed by atoms with E-state index in [9.17, 15) is 14.7 Å². The molecule has 1 amide bonds. The van der Waals surface area contributed by atoms with Crippen LogP contribution in [0.4, 0.5) is 0 Å². The maximum atomic E-state index is 13.2. The van der Waals surface area contributed by atoms with Gasteiger partial charge in [0.2, 0.25) is 0 Å². The van der Waals surface area contributed by atoms with Gasteiger partial charge in [-0.25, -0.2) is 4.98 Å². The molecule has 0 radical (unpaired) electrons. The van der Waals surface area contributed by atoms with Gasteiger partial charge in [0.1, 0.15) is 17.3 Å². The Bertz CT molecular complexity index is 1220. The van der Waals surface area contributed by atoms with E-state index < -0.39 is 17.7 Å². The van der Waals surface area contributed by atoms with Gasteiger partial charge in [0.15, 0.2) is 0 Å². The third-order valence-electron chi connectivity index (χ3n) is 6.22. The maximum absolute atomic E-state index is 13.2. The number of aliphatic hydroxyl groups excluding tert-OH is 1. The highest BCUT2D eigenvalue weighted by atomic mass is 16.5. The van der Waals surface area contributed by atoms with Gasteiger partial charge in [-0.05, 0) is 42.7 Å². The molecular formula is C28H31N3O5. The first-order valence-corrected chi connectivity index (χ1v) is 12.1. The molecule has 8 heteroatoms. The van der Waals surface area contributed by atoms with Crippen molar-refractivity contribution in [3.63, 3.8) is 0 Å². The molecule has 0 saturated carbocycles. The normalized spacial score (nSPS) is 16.9. The molecular weight excluding hydrogens is 458 g/mol. The number of benzene rings is 2. The molecule has 1 atom stereocenters. The molecule has 8 nitrogen and oxygen atoms in total. The lowest BCUT2D eigenvalue weighted by Gasteiger charge is -2.25. The second kappa shape index (κ2) is 11.6. The topological polar surface area (TPSA) is 93.9 Å². The number of likely N-dealkylation sites (tertiary alicyclic amines) is 1. The van der Waals surface area contributed by atoms with Crippen molar-refractivity contribution in [2.45, 2.75) is 38.8 Å². The quantitative estimate of drug-likeness (QED) is 0.183. The molecule has 1 aliphatic heterocycles.